The Labute approximate surface area is 214 Å². The molecule has 0 amide bonds. The molecule has 33 heavy (non-hydrogen) atoms. The van der Waals surface area contributed by atoms with Gasteiger partial charge < -0.3 is 9.47 Å². The van der Waals surface area contributed by atoms with Crippen LogP contribution < -0.4 is 0 Å². The highest BCUT2D eigenvalue weighted by atomic mass is 33.1. The Balaban J connectivity index is 1.32. The third-order valence-corrected chi connectivity index (χ3v) is 11.9. The monoisotopic (exact) mass is 528 g/mol. The number of hydrogen-bond acceptors (Lipinski definition) is 8. The highest BCUT2D eigenvalue weighted by molar-refractivity contribution is 8.77. The summed E-state index contributed by atoms with van der Waals surface area (Å²) in [6.45, 7) is 0.504. The first-order chi connectivity index (χ1) is 16.2. The van der Waals surface area contributed by atoms with Crippen LogP contribution in [-0.2, 0) is 19.1 Å². The molecule has 0 bridgehead atoms. The lowest BCUT2D eigenvalue weighted by Gasteiger charge is -2.18. The third kappa shape index (κ3) is 11.2. The number of carbonyl (C=O) groups is 2. The molecule has 1 aromatic carbocycles. The maximum atomic E-state index is 12.3. The van der Waals surface area contributed by atoms with E-state index in [1.807, 2.05) is 73.5 Å². The van der Waals surface area contributed by atoms with Crippen molar-refractivity contribution in [2.45, 2.75) is 80.6 Å². The molecule has 0 radical (unpaired) electrons. The lowest BCUT2D eigenvalue weighted by molar-refractivity contribution is -0.147. The average Bonchev–Trinajstić information content (AvgIpc) is 3.55. The fraction of sp³-hybridized carbons (Fsp3) is 0.680. The number of rotatable bonds is 15. The molecule has 0 aliphatic carbocycles. The summed E-state index contributed by atoms with van der Waals surface area (Å²) >= 11 is 0. The molecule has 0 N–H and O–H groups in total. The van der Waals surface area contributed by atoms with Crippen LogP contribution >= 0.6 is 43.2 Å². The van der Waals surface area contributed by atoms with E-state index in [9.17, 15) is 9.59 Å². The van der Waals surface area contributed by atoms with E-state index in [1.165, 1.54) is 37.2 Å². The van der Waals surface area contributed by atoms with E-state index in [4.69, 9.17) is 9.47 Å². The SMILES string of the molecule is O=C(CCCCC1CCSS1)OCC(COC(=O)CCCCC1CCSS1)c1ccccc1. The van der Waals surface area contributed by atoms with E-state index in [0.29, 0.717) is 12.8 Å². The van der Waals surface area contributed by atoms with Crippen molar-refractivity contribution in [2.24, 2.45) is 0 Å². The summed E-state index contributed by atoms with van der Waals surface area (Å²) in [5.74, 6) is 2.07. The first-order valence-corrected chi connectivity index (χ1v) is 16.9. The Morgan fingerprint density at radius 1 is 0.788 bits per heavy atom. The van der Waals surface area contributed by atoms with Crippen molar-refractivity contribution >= 4 is 55.1 Å². The van der Waals surface area contributed by atoms with Crippen LogP contribution in [0.2, 0.25) is 0 Å². The molecule has 8 heteroatoms. The molecule has 0 aromatic heterocycles. The number of carbonyl (C=O) groups excluding carboxylic acids is 2. The molecule has 2 atom stereocenters. The fourth-order valence-corrected chi connectivity index (χ4v) is 9.96. The molecule has 0 spiro atoms. The molecule has 184 valence electrons. The summed E-state index contributed by atoms with van der Waals surface area (Å²) in [6, 6.07) is 9.89. The first kappa shape index (κ1) is 27.2. The summed E-state index contributed by atoms with van der Waals surface area (Å²) in [4.78, 5) is 24.5. The van der Waals surface area contributed by atoms with Crippen LogP contribution in [0.25, 0.3) is 0 Å². The minimum Gasteiger partial charge on any atom is -0.465 e. The summed E-state index contributed by atoms with van der Waals surface area (Å²) in [5, 5.41) is 1.51. The summed E-state index contributed by atoms with van der Waals surface area (Å²) in [5.41, 5.74) is 1.03. The van der Waals surface area contributed by atoms with Crippen LogP contribution in [0.15, 0.2) is 30.3 Å². The van der Waals surface area contributed by atoms with Gasteiger partial charge in [0.05, 0.1) is 5.92 Å². The molecule has 2 heterocycles. The number of unbranched alkanes of at least 4 members (excludes halogenated alkanes) is 2. The van der Waals surface area contributed by atoms with E-state index in [-0.39, 0.29) is 31.1 Å². The third-order valence-electron chi connectivity index (χ3n) is 5.93. The van der Waals surface area contributed by atoms with Gasteiger partial charge in [-0.2, -0.15) is 0 Å². The van der Waals surface area contributed by atoms with Crippen LogP contribution in [-0.4, -0.2) is 47.2 Å². The van der Waals surface area contributed by atoms with Crippen molar-refractivity contribution in [3.05, 3.63) is 35.9 Å². The molecule has 2 aliphatic rings. The second kappa shape index (κ2) is 16.3. The van der Waals surface area contributed by atoms with E-state index >= 15 is 0 Å². The van der Waals surface area contributed by atoms with Crippen molar-refractivity contribution in [3.63, 3.8) is 0 Å². The van der Waals surface area contributed by atoms with Gasteiger partial charge in [-0.3, -0.25) is 9.59 Å². The van der Waals surface area contributed by atoms with Crippen molar-refractivity contribution in [3.8, 4) is 0 Å². The molecule has 1 aromatic rings. The second-order valence-corrected chi connectivity index (χ2v) is 14.2. The quantitative estimate of drug-likeness (QED) is 0.134. The van der Waals surface area contributed by atoms with Gasteiger partial charge in [0.15, 0.2) is 0 Å². The minimum atomic E-state index is -0.154. The summed E-state index contributed by atoms with van der Waals surface area (Å²) in [6.07, 6.45) is 9.78. The molecule has 2 saturated heterocycles. The normalized spacial score (nSPS) is 21.1. The number of ether oxygens (including phenoxy) is 2. The van der Waals surface area contributed by atoms with E-state index < -0.39 is 0 Å². The molecular weight excluding hydrogens is 493 g/mol. The lowest BCUT2D eigenvalue weighted by Crippen LogP contribution is -2.19. The Kier molecular flexibility index (Phi) is 13.4. The van der Waals surface area contributed by atoms with Crippen molar-refractivity contribution in [2.75, 3.05) is 24.7 Å². The Morgan fingerprint density at radius 2 is 1.30 bits per heavy atom. The molecule has 2 aliphatic heterocycles. The number of hydrogen-bond donors (Lipinski definition) is 0. The van der Waals surface area contributed by atoms with E-state index in [2.05, 4.69) is 0 Å². The second-order valence-electron chi connectivity index (χ2n) is 8.62. The highest BCUT2D eigenvalue weighted by Crippen LogP contribution is 2.40. The van der Waals surface area contributed by atoms with E-state index in [1.54, 1.807) is 0 Å². The van der Waals surface area contributed by atoms with Gasteiger partial charge in [-0.05, 0) is 44.1 Å². The van der Waals surface area contributed by atoms with Crippen LogP contribution in [0, 0.1) is 0 Å². The molecule has 4 nitrogen and oxygen atoms in total. The predicted octanol–water partition coefficient (Wildman–Crippen LogP) is 7.28. The predicted molar refractivity (Wildman–Crippen MR) is 145 cm³/mol. The van der Waals surface area contributed by atoms with Gasteiger partial charge in [-0.1, -0.05) is 86.3 Å². The Hall–Kier alpha value is -0.440. The maximum absolute atomic E-state index is 12.3. The van der Waals surface area contributed by atoms with E-state index in [0.717, 1.165) is 41.7 Å². The topological polar surface area (TPSA) is 52.6 Å². The summed E-state index contributed by atoms with van der Waals surface area (Å²) < 4.78 is 11.1. The van der Waals surface area contributed by atoms with Crippen LogP contribution in [0.5, 0.6) is 0 Å². The van der Waals surface area contributed by atoms with Crippen LogP contribution in [0.1, 0.15) is 75.7 Å². The minimum absolute atomic E-state index is 0.127. The zero-order valence-electron chi connectivity index (χ0n) is 19.3. The zero-order chi connectivity index (χ0) is 23.1. The van der Waals surface area contributed by atoms with Gasteiger partial charge in [-0.15, -0.1) is 0 Å². The fourth-order valence-electron chi connectivity index (χ4n) is 3.91. The van der Waals surface area contributed by atoms with Crippen molar-refractivity contribution in [1.29, 1.82) is 0 Å². The van der Waals surface area contributed by atoms with Crippen molar-refractivity contribution in [1.82, 2.24) is 0 Å². The van der Waals surface area contributed by atoms with Crippen molar-refractivity contribution < 1.29 is 19.1 Å². The highest BCUT2D eigenvalue weighted by Gasteiger charge is 2.19. The standard InChI is InChI=1S/C25H36O4S4/c26-24(12-6-4-10-22-14-16-30-32-22)28-18-21(20-8-2-1-3-9-20)19-29-25(27)13-7-5-11-23-15-17-31-33-23/h1-3,8-9,21-23H,4-7,10-19H2. The average molecular weight is 529 g/mol. The molecule has 2 unspecified atom stereocenters. The van der Waals surface area contributed by atoms with Gasteiger partial charge >= 0.3 is 11.9 Å². The zero-order valence-corrected chi connectivity index (χ0v) is 22.6. The largest absolute Gasteiger partial charge is 0.465 e. The lowest BCUT2D eigenvalue weighted by atomic mass is 10.0. The van der Waals surface area contributed by atoms with Gasteiger partial charge in [0.1, 0.15) is 13.2 Å². The maximum Gasteiger partial charge on any atom is 0.305 e. The number of benzene rings is 1. The van der Waals surface area contributed by atoms with Gasteiger partial charge in [0.2, 0.25) is 0 Å². The summed E-state index contributed by atoms with van der Waals surface area (Å²) in [7, 11) is 7.90. The molecule has 2 fully saturated rings. The number of esters is 2. The van der Waals surface area contributed by atoms with Crippen LogP contribution in [0.3, 0.4) is 0 Å². The molecule has 3 rings (SSSR count). The van der Waals surface area contributed by atoms with Gasteiger partial charge in [-0.25, -0.2) is 0 Å². The first-order valence-electron chi connectivity index (χ1n) is 12.1. The Bertz CT molecular complexity index is 651. The molecule has 0 saturated carbocycles. The smallest absolute Gasteiger partial charge is 0.305 e. The van der Waals surface area contributed by atoms with Crippen LogP contribution in [0.4, 0.5) is 0 Å². The van der Waals surface area contributed by atoms with Gasteiger partial charge in [0, 0.05) is 34.8 Å². The van der Waals surface area contributed by atoms with Gasteiger partial charge in [0.25, 0.3) is 0 Å². The Morgan fingerprint density at radius 3 is 1.76 bits per heavy atom. The molecular formula is C25H36O4S4.